The minimum Gasteiger partial charge on any atom is -0.492 e. The van der Waals surface area contributed by atoms with Crippen molar-refractivity contribution in [1.82, 2.24) is 14.5 Å². The maximum absolute atomic E-state index is 11.9. The molecular formula is C18H27N3O3S. The molecule has 0 amide bonds. The van der Waals surface area contributed by atoms with Crippen molar-refractivity contribution in [3.05, 3.63) is 42.2 Å². The molecule has 0 fully saturated rings. The molecule has 138 valence electrons. The van der Waals surface area contributed by atoms with E-state index in [9.17, 15) is 8.42 Å². The number of imidazole rings is 1. The van der Waals surface area contributed by atoms with Gasteiger partial charge in [0.15, 0.2) is 0 Å². The first-order valence-electron chi connectivity index (χ1n) is 8.38. The smallest absolute Gasteiger partial charge is 0.227 e. The van der Waals surface area contributed by atoms with Gasteiger partial charge >= 0.3 is 0 Å². The van der Waals surface area contributed by atoms with Crippen LogP contribution in [0.1, 0.15) is 19.5 Å². The second-order valence-electron chi connectivity index (χ2n) is 6.71. The highest BCUT2D eigenvalue weighted by Crippen LogP contribution is 2.16. The normalized spacial score (nSPS) is 12.1. The van der Waals surface area contributed by atoms with Gasteiger partial charge in [0.2, 0.25) is 15.0 Å². The van der Waals surface area contributed by atoms with Crippen molar-refractivity contribution in [3.63, 3.8) is 0 Å². The fraction of sp³-hybridized carbons (Fsp3) is 0.500. The molecule has 0 aliphatic carbocycles. The van der Waals surface area contributed by atoms with Gasteiger partial charge in [0.05, 0.1) is 11.9 Å². The van der Waals surface area contributed by atoms with Crippen LogP contribution in [0.4, 0.5) is 0 Å². The maximum Gasteiger partial charge on any atom is 0.227 e. The minimum absolute atomic E-state index is 0.144. The highest BCUT2D eigenvalue weighted by atomic mass is 32.2. The van der Waals surface area contributed by atoms with Crippen LogP contribution < -0.4 is 4.74 Å². The summed E-state index contributed by atoms with van der Waals surface area (Å²) in [5.74, 6) is 1.18. The van der Waals surface area contributed by atoms with E-state index in [-0.39, 0.29) is 5.16 Å². The molecular weight excluding hydrogens is 338 g/mol. The topological polar surface area (TPSA) is 64.4 Å². The molecule has 0 saturated carbocycles. The molecule has 1 aromatic carbocycles. The summed E-state index contributed by atoms with van der Waals surface area (Å²) in [5.41, 5.74) is 0.899. The van der Waals surface area contributed by atoms with E-state index in [1.54, 1.807) is 6.20 Å². The SMILES string of the molecule is CC(C)Cn1c(CN(C)CCOc2ccccc2)cnc1S(C)(=O)=O. The fourth-order valence-corrected chi connectivity index (χ4v) is 3.40. The summed E-state index contributed by atoms with van der Waals surface area (Å²) in [6.45, 7) is 6.67. The monoisotopic (exact) mass is 365 g/mol. The summed E-state index contributed by atoms with van der Waals surface area (Å²) in [4.78, 5) is 6.24. The molecule has 0 bridgehead atoms. The predicted octanol–water partition coefficient (Wildman–Crippen LogP) is 2.45. The van der Waals surface area contributed by atoms with Gasteiger partial charge in [-0.1, -0.05) is 32.0 Å². The molecule has 0 N–H and O–H groups in total. The second kappa shape index (κ2) is 8.49. The van der Waals surface area contributed by atoms with E-state index in [2.05, 4.69) is 23.7 Å². The van der Waals surface area contributed by atoms with Gasteiger partial charge in [-0.25, -0.2) is 13.4 Å². The van der Waals surface area contributed by atoms with Crippen LogP contribution in [0.15, 0.2) is 41.7 Å². The van der Waals surface area contributed by atoms with Crippen molar-refractivity contribution in [3.8, 4) is 5.75 Å². The quantitative estimate of drug-likeness (QED) is 0.683. The first-order chi connectivity index (χ1) is 11.8. The lowest BCUT2D eigenvalue weighted by Gasteiger charge is -2.19. The van der Waals surface area contributed by atoms with Crippen molar-refractivity contribution in [2.75, 3.05) is 26.5 Å². The van der Waals surface area contributed by atoms with Crippen molar-refractivity contribution in [1.29, 1.82) is 0 Å². The van der Waals surface area contributed by atoms with Gasteiger partial charge in [-0.15, -0.1) is 0 Å². The van der Waals surface area contributed by atoms with E-state index in [0.717, 1.165) is 18.0 Å². The number of aromatic nitrogens is 2. The van der Waals surface area contributed by atoms with E-state index >= 15 is 0 Å². The van der Waals surface area contributed by atoms with Gasteiger partial charge in [-0.2, -0.15) is 0 Å². The van der Waals surface area contributed by atoms with Crippen LogP contribution in [-0.4, -0.2) is 49.3 Å². The van der Waals surface area contributed by atoms with Crippen LogP contribution >= 0.6 is 0 Å². The number of hydrogen-bond donors (Lipinski definition) is 0. The molecule has 2 aromatic rings. The number of sulfone groups is 1. The molecule has 0 aliphatic rings. The lowest BCUT2D eigenvalue weighted by atomic mass is 10.2. The average molecular weight is 365 g/mol. The van der Waals surface area contributed by atoms with Gasteiger partial charge in [0, 0.05) is 25.9 Å². The standard InChI is InChI=1S/C18H27N3O3S/c1-15(2)13-21-16(12-19-18(21)25(4,22)23)14-20(3)10-11-24-17-8-6-5-7-9-17/h5-9,12,15H,10-11,13-14H2,1-4H3. The number of benzene rings is 1. The Morgan fingerprint density at radius 2 is 1.92 bits per heavy atom. The molecule has 0 saturated heterocycles. The Labute approximate surface area is 150 Å². The van der Waals surface area contributed by atoms with Gasteiger partial charge in [-0.05, 0) is 25.1 Å². The molecule has 0 unspecified atom stereocenters. The van der Waals surface area contributed by atoms with Crippen LogP contribution in [-0.2, 0) is 22.9 Å². The van der Waals surface area contributed by atoms with Crippen molar-refractivity contribution in [2.24, 2.45) is 5.92 Å². The Hall–Kier alpha value is -1.86. The van der Waals surface area contributed by atoms with E-state index in [1.165, 1.54) is 6.26 Å². The van der Waals surface area contributed by atoms with E-state index in [0.29, 0.717) is 25.6 Å². The minimum atomic E-state index is -3.34. The third-order valence-electron chi connectivity index (χ3n) is 3.70. The second-order valence-corrected chi connectivity index (χ2v) is 8.62. The Bertz CT molecular complexity index is 770. The molecule has 0 aliphatic heterocycles. The summed E-state index contributed by atoms with van der Waals surface area (Å²) in [6, 6.07) is 9.69. The van der Waals surface area contributed by atoms with E-state index < -0.39 is 9.84 Å². The Kier molecular flexibility index (Phi) is 6.61. The van der Waals surface area contributed by atoms with Crippen molar-refractivity contribution in [2.45, 2.75) is 32.1 Å². The summed E-state index contributed by atoms with van der Waals surface area (Å²) in [5, 5.41) is 0.144. The molecule has 1 heterocycles. The molecule has 0 radical (unpaired) electrons. The van der Waals surface area contributed by atoms with Crippen LogP contribution in [0, 0.1) is 5.92 Å². The number of hydrogen-bond acceptors (Lipinski definition) is 5. The molecule has 7 heteroatoms. The molecule has 25 heavy (non-hydrogen) atoms. The van der Waals surface area contributed by atoms with E-state index in [1.807, 2.05) is 41.9 Å². The average Bonchev–Trinajstić information content (AvgIpc) is 2.90. The first-order valence-corrected chi connectivity index (χ1v) is 10.3. The lowest BCUT2D eigenvalue weighted by Crippen LogP contribution is -2.26. The van der Waals surface area contributed by atoms with Crippen molar-refractivity contribution >= 4 is 9.84 Å². The third kappa shape index (κ3) is 5.86. The Morgan fingerprint density at radius 1 is 1.24 bits per heavy atom. The largest absolute Gasteiger partial charge is 0.492 e. The molecule has 0 spiro atoms. The van der Waals surface area contributed by atoms with E-state index in [4.69, 9.17) is 4.74 Å². The molecule has 0 atom stereocenters. The summed E-state index contributed by atoms with van der Waals surface area (Å²) in [6.07, 6.45) is 2.86. The predicted molar refractivity (Wildman–Crippen MR) is 98.4 cm³/mol. The molecule has 2 rings (SSSR count). The summed E-state index contributed by atoms with van der Waals surface area (Å²) < 4.78 is 31.4. The zero-order valence-electron chi connectivity index (χ0n) is 15.3. The first kappa shape index (κ1) is 19.5. The van der Waals surface area contributed by atoms with Gasteiger partial charge < -0.3 is 9.30 Å². The zero-order chi connectivity index (χ0) is 18.4. The van der Waals surface area contributed by atoms with Crippen molar-refractivity contribution < 1.29 is 13.2 Å². The highest BCUT2D eigenvalue weighted by molar-refractivity contribution is 7.90. The zero-order valence-corrected chi connectivity index (χ0v) is 16.2. The number of likely N-dealkylation sites (N-methyl/N-ethyl adjacent to an activating group) is 1. The summed E-state index contributed by atoms with van der Waals surface area (Å²) in [7, 11) is -1.35. The fourth-order valence-electron chi connectivity index (χ4n) is 2.57. The van der Waals surface area contributed by atoms with Gasteiger partial charge in [0.25, 0.3) is 0 Å². The highest BCUT2D eigenvalue weighted by Gasteiger charge is 2.20. The van der Waals surface area contributed by atoms with Gasteiger partial charge in [-0.3, -0.25) is 4.90 Å². The number of ether oxygens (including phenoxy) is 1. The van der Waals surface area contributed by atoms with Crippen LogP contribution in [0.5, 0.6) is 5.75 Å². The number of rotatable bonds is 9. The molecule has 6 nitrogen and oxygen atoms in total. The van der Waals surface area contributed by atoms with Gasteiger partial charge in [0.1, 0.15) is 12.4 Å². The summed E-state index contributed by atoms with van der Waals surface area (Å²) >= 11 is 0. The third-order valence-corrected chi connectivity index (χ3v) is 4.69. The number of para-hydroxylation sites is 1. The Morgan fingerprint density at radius 3 is 2.52 bits per heavy atom. The Balaban J connectivity index is 2.00. The van der Waals surface area contributed by atoms with Crippen LogP contribution in [0.3, 0.4) is 0 Å². The molecule has 1 aromatic heterocycles. The van der Waals surface area contributed by atoms with Crippen LogP contribution in [0.2, 0.25) is 0 Å². The lowest BCUT2D eigenvalue weighted by molar-refractivity contribution is 0.228. The maximum atomic E-state index is 11.9. The number of nitrogens with zero attached hydrogens (tertiary/aromatic N) is 3. The van der Waals surface area contributed by atoms with Crippen LogP contribution in [0.25, 0.3) is 0 Å².